The zero-order valence-corrected chi connectivity index (χ0v) is 33.9. The van der Waals surface area contributed by atoms with Gasteiger partial charge in [-0.05, 0) is 76.2 Å². The minimum atomic E-state index is -1.46. The number of pyridine rings is 1. The molecule has 1 saturated heterocycles. The Hall–Kier alpha value is -4.70. The largest absolute Gasteiger partial charge is 0.488 e. The maximum atomic E-state index is 14.6. The number of rotatable bonds is 10. The van der Waals surface area contributed by atoms with Gasteiger partial charge in [0.25, 0.3) is 0 Å². The van der Waals surface area contributed by atoms with Gasteiger partial charge in [-0.2, -0.15) is 0 Å². The molecule has 2 aliphatic carbocycles. The number of alkyl carbamates (subject to hydrolysis) is 1. The van der Waals surface area contributed by atoms with Gasteiger partial charge in [0, 0.05) is 40.5 Å². The number of benzene rings is 1. The van der Waals surface area contributed by atoms with Crippen LogP contribution in [0.15, 0.2) is 46.7 Å². The Bertz CT molecular complexity index is 2030. The van der Waals surface area contributed by atoms with Crippen LogP contribution in [0.4, 0.5) is 9.93 Å². The number of carboxylic acid groups (broad SMARTS) is 1. The summed E-state index contributed by atoms with van der Waals surface area (Å²) in [4.78, 5) is 78.8. The summed E-state index contributed by atoms with van der Waals surface area (Å²) in [5, 5.41) is 21.8. The molecule has 16 heteroatoms. The highest BCUT2D eigenvalue weighted by atomic mass is 32.2. The summed E-state index contributed by atoms with van der Waals surface area (Å²) in [6, 6.07) is 5.54. The summed E-state index contributed by atoms with van der Waals surface area (Å²) in [5.41, 5.74) is 0.296. The van der Waals surface area contributed by atoms with Gasteiger partial charge >= 0.3 is 12.1 Å². The van der Waals surface area contributed by atoms with Gasteiger partial charge in [-0.3, -0.25) is 14.4 Å². The van der Waals surface area contributed by atoms with E-state index in [2.05, 4.69) is 20.9 Å². The maximum absolute atomic E-state index is 14.6. The second kappa shape index (κ2) is 17.8. The Morgan fingerprint density at radius 1 is 1.07 bits per heavy atom. The lowest BCUT2D eigenvalue weighted by Crippen LogP contribution is -2.56. The SMILES string of the molecule is CCCC(=O)Nc1nc(-c2cc(O[C@@H]3C[C@H]4C(=O)N[C@]5(C(=O)O)C[C@@H]5/C=C\CCCCC[C@H](NC(=O)OC5CCCC5)C(=O)N4C3)c3cccc(SC)c3n2)cs1. The van der Waals surface area contributed by atoms with Crippen LogP contribution in [0, 0.1) is 5.92 Å². The molecule has 4 amide bonds. The van der Waals surface area contributed by atoms with Gasteiger partial charge in [0.2, 0.25) is 17.7 Å². The van der Waals surface area contributed by atoms with Gasteiger partial charge in [0.05, 0.1) is 17.8 Å². The van der Waals surface area contributed by atoms with Gasteiger partial charge in [0.15, 0.2) is 5.13 Å². The number of nitrogens with one attached hydrogen (secondary N) is 3. The molecule has 2 saturated carbocycles. The Labute approximate surface area is 339 Å². The zero-order chi connectivity index (χ0) is 40.1. The number of nitrogens with zero attached hydrogens (tertiary/aromatic N) is 3. The number of carbonyl (C=O) groups is 5. The molecule has 0 spiro atoms. The molecule has 0 unspecified atom stereocenters. The molecule has 57 heavy (non-hydrogen) atoms. The summed E-state index contributed by atoms with van der Waals surface area (Å²) >= 11 is 2.83. The fourth-order valence-corrected chi connectivity index (χ4v) is 9.39. The highest BCUT2D eigenvalue weighted by Crippen LogP contribution is 2.46. The number of thiazole rings is 1. The fraction of sp³-hybridized carbons (Fsp3) is 0.537. The quantitative estimate of drug-likeness (QED) is 0.126. The number of hydrogen-bond acceptors (Lipinski definition) is 11. The van der Waals surface area contributed by atoms with E-state index in [1.54, 1.807) is 6.07 Å². The van der Waals surface area contributed by atoms with Gasteiger partial charge < -0.3 is 35.4 Å². The molecule has 7 rings (SSSR count). The number of allylic oxidation sites excluding steroid dienone is 1. The van der Waals surface area contributed by atoms with Gasteiger partial charge in [-0.15, -0.1) is 23.1 Å². The molecule has 4 heterocycles. The summed E-state index contributed by atoms with van der Waals surface area (Å²) in [7, 11) is 0. The lowest BCUT2D eigenvalue weighted by Gasteiger charge is -2.29. The maximum Gasteiger partial charge on any atom is 0.408 e. The number of aliphatic carboxylic acids is 1. The highest BCUT2D eigenvalue weighted by Gasteiger charge is 2.61. The smallest absolute Gasteiger partial charge is 0.408 e. The molecule has 2 aliphatic heterocycles. The third-order valence-corrected chi connectivity index (χ3v) is 12.8. The molecule has 304 valence electrons. The number of carbonyl (C=O) groups excluding carboxylic acids is 4. The molecule has 14 nitrogen and oxygen atoms in total. The number of ether oxygens (including phenoxy) is 2. The molecule has 4 aliphatic rings. The van der Waals surface area contributed by atoms with Crippen LogP contribution in [0.2, 0.25) is 0 Å². The van der Waals surface area contributed by atoms with Crippen molar-refractivity contribution in [2.24, 2.45) is 5.92 Å². The summed E-state index contributed by atoms with van der Waals surface area (Å²) in [5.74, 6) is -2.16. The summed E-state index contributed by atoms with van der Waals surface area (Å²) in [6.45, 7) is 1.95. The summed E-state index contributed by atoms with van der Waals surface area (Å²) < 4.78 is 12.4. The molecular formula is C41H50N6O8S2. The number of hydrogen-bond donors (Lipinski definition) is 4. The molecule has 5 atom stereocenters. The predicted octanol–water partition coefficient (Wildman–Crippen LogP) is 6.68. The predicted molar refractivity (Wildman–Crippen MR) is 217 cm³/mol. The Kier molecular flexibility index (Phi) is 12.7. The summed E-state index contributed by atoms with van der Waals surface area (Å²) in [6.07, 6.45) is 12.6. The number of thioether (sulfide) groups is 1. The molecule has 0 bridgehead atoms. The molecular weight excluding hydrogens is 769 g/mol. The van der Waals surface area contributed by atoms with E-state index in [0.717, 1.165) is 55.2 Å². The standard InChI is InChI=1S/C41H50N6O8S2/c1-3-12-34(48)45-39-43-30(23-57-39)29-20-32(27-16-11-18-33(56-2)35(27)42-29)54-26-19-31-36(49)46-41(38(51)52)21-24(41)13-7-5-4-6-8-17-28(37(50)47(31)22-26)44-40(53)55-25-14-9-10-15-25/h7,11,13,16,18,20,23-26,28,31H,3-6,8-10,12,14-15,17,19,21-22H2,1-2H3,(H,44,53)(H,46,49)(H,51,52)(H,43,45,48)/b13-7-/t24-,26+,28-,31-,41+/m0/s1. The van der Waals surface area contributed by atoms with E-state index in [1.165, 1.54) is 28.0 Å². The first-order valence-electron chi connectivity index (χ1n) is 20.0. The number of anilines is 1. The van der Waals surface area contributed by atoms with Crippen molar-refractivity contribution in [2.75, 3.05) is 18.1 Å². The molecule has 3 fully saturated rings. The number of fused-ring (bicyclic) bond motifs is 3. The monoisotopic (exact) mass is 818 g/mol. The molecule has 4 N–H and O–H groups in total. The third-order valence-electron chi connectivity index (χ3n) is 11.3. The average molecular weight is 819 g/mol. The van der Waals surface area contributed by atoms with Crippen molar-refractivity contribution in [2.45, 2.75) is 125 Å². The highest BCUT2D eigenvalue weighted by molar-refractivity contribution is 7.98. The van der Waals surface area contributed by atoms with E-state index in [1.807, 2.05) is 48.9 Å². The molecule has 1 aromatic carbocycles. The second-order valence-corrected chi connectivity index (χ2v) is 17.0. The number of para-hydroxylation sites is 1. The van der Waals surface area contributed by atoms with Crippen molar-refractivity contribution < 1.29 is 38.6 Å². The topological polar surface area (TPSA) is 189 Å². The van der Waals surface area contributed by atoms with Gasteiger partial charge in [-0.1, -0.05) is 38.0 Å². The van der Waals surface area contributed by atoms with Crippen molar-refractivity contribution in [1.29, 1.82) is 0 Å². The van der Waals surface area contributed by atoms with Crippen molar-refractivity contribution in [3.63, 3.8) is 0 Å². The minimum absolute atomic E-state index is 0.0157. The number of aromatic nitrogens is 2. The van der Waals surface area contributed by atoms with Crippen LogP contribution in [0.5, 0.6) is 5.75 Å². The minimum Gasteiger partial charge on any atom is -0.488 e. The number of carboxylic acids is 1. The van der Waals surface area contributed by atoms with E-state index in [-0.39, 0.29) is 37.3 Å². The van der Waals surface area contributed by atoms with E-state index < -0.39 is 47.6 Å². The van der Waals surface area contributed by atoms with E-state index >= 15 is 0 Å². The lowest BCUT2D eigenvalue weighted by atomic mass is 10.0. The number of amides is 4. The molecule has 2 aromatic heterocycles. The first-order valence-corrected chi connectivity index (χ1v) is 22.1. The van der Waals surface area contributed by atoms with E-state index in [4.69, 9.17) is 14.5 Å². The third kappa shape index (κ3) is 9.22. The van der Waals surface area contributed by atoms with Gasteiger partial charge in [-0.25, -0.2) is 19.6 Å². The van der Waals surface area contributed by atoms with Crippen molar-refractivity contribution in [3.8, 4) is 17.1 Å². The van der Waals surface area contributed by atoms with Crippen molar-refractivity contribution in [1.82, 2.24) is 25.5 Å². The van der Waals surface area contributed by atoms with Crippen LogP contribution in [0.3, 0.4) is 0 Å². The fourth-order valence-electron chi connectivity index (χ4n) is 8.10. The van der Waals surface area contributed by atoms with Crippen molar-refractivity contribution >= 4 is 68.9 Å². The van der Waals surface area contributed by atoms with Crippen LogP contribution in [0.1, 0.15) is 90.4 Å². The Morgan fingerprint density at radius 2 is 1.88 bits per heavy atom. The first kappa shape index (κ1) is 40.5. The first-order chi connectivity index (χ1) is 27.6. The Morgan fingerprint density at radius 3 is 2.65 bits per heavy atom. The van der Waals surface area contributed by atoms with E-state index in [9.17, 15) is 29.1 Å². The second-order valence-electron chi connectivity index (χ2n) is 15.3. The molecule has 3 aromatic rings. The molecule has 0 radical (unpaired) electrons. The lowest BCUT2D eigenvalue weighted by molar-refractivity contribution is -0.145. The Balaban J connectivity index is 1.20. The van der Waals surface area contributed by atoms with Gasteiger partial charge in [0.1, 0.15) is 41.3 Å². The van der Waals surface area contributed by atoms with Crippen LogP contribution in [-0.2, 0) is 23.9 Å². The van der Waals surface area contributed by atoms with Crippen LogP contribution in [0.25, 0.3) is 22.3 Å². The normalized spacial score (nSPS) is 26.0. The van der Waals surface area contributed by atoms with Crippen molar-refractivity contribution in [3.05, 3.63) is 41.8 Å². The van der Waals surface area contributed by atoms with Crippen LogP contribution >= 0.6 is 23.1 Å². The van der Waals surface area contributed by atoms with Crippen LogP contribution in [-0.4, -0.2) is 92.4 Å². The zero-order valence-electron chi connectivity index (χ0n) is 32.3. The average Bonchev–Trinajstić information content (AvgIpc) is 3.62. The van der Waals surface area contributed by atoms with Crippen LogP contribution < -0.4 is 20.7 Å². The van der Waals surface area contributed by atoms with E-state index in [0.29, 0.717) is 53.5 Å².